The van der Waals surface area contributed by atoms with Gasteiger partial charge in [0.15, 0.2) is 11.5 Å². The van der Waals surface area contributed by atoms with Crippen LogP contribution in [0.4, 0.5) is 0 Å². The van der Waals surface area contributed by atoms with E-state index >= 15 is 0 Å². The van der Waals surface area contributed by atoms with Gasteiger partial charge in [-0.25, -0.2) is 4.98 Å². The molecule has 1 aromatic heterocycles. The van der Waals surface area contributed by atoms with E-state index in [9.17, 15) is 4.79 Å². The zero-order valence-electron chi connectivity index (χ0n) is 12.9. The third kappa shape index (κ3) is 3.60. The molecule has 2 aromatic carbocycles. The Kier molecular flexibility index (Phi) is 4.29. The number of benzene rings is 2. The summed E-state index contributed by atoms with van der Waals surface area (Å²) in [4.78, 5) is 16.6. The topological polar surface area (TPSA) is 57.7 Å². The molecule has 4 rings (SSSR count). The fraction of sp³-hybridized carbons (Fsp3) is 0.111. The molecule has 0 amide bonds. The van der Waals surface area contributed by atoms with Crippen molar-refractivity contribution in [3.63, 3.8) is 0 Å². The molecule has 0 unspecified atom stereocenters. The van der Waals surface area contributed by atoms with E-state index in [0.29, 0.717) is 28.0 Å². The zero-order chi connectivity index (χ0) is 17.2. The summed E-state index contributed by atoms with van der Waals surface area (Å²) >= 11 is 7.37. The lowest BCUT2D eigenvalue weighted by molar-refractivity contribution is -0.133. The average molecular weight is 374 g/mol. The van der Waals surface area contributed by atoms with Crippen LogP contribution in [0.25, 0.3) is 10.6 Å². The summed E-state index contributed by atoms with van der Waals surface area (Å²) in [6.45, 7) is 0.180. The maximum Gasteiger partial charge on any atom is 0.317 e. The molecule has 7 heteroatoms. The van der Waals surface area contributed by atoms with E-state index in [2.05, 4.69) is 4.98 Å². The van der Waals surface area contributed by atoms with Crippen molar-refractivity contribution >= 4 is 28.9 Å². The molecule has 0 N–H and O–H groups in total. The van der Waals surface area contributed by atoms with Crippen molar-refractivity contribution < 1.29 is 19.0 Å². The van der Waals surface area contributed by atoms with E-state index in [1.54, 1.807) is 18.2 Å². The number of hydrogen-bond acceptors (Lipinski definition) is 6. The molecule has 0 aliphatic carbocycles. The molecule has 0 atom stereocenters. The average Bonchev–Trinajstić information content (AvgIpc) is 3.24. The van der Waals surface area contributed by atoms with Crippen LogP contribution in [0.15, 0.2) is 47.8 Å². The maximum atomic E-state index is 12.1. The summed E-state index contributed by atoms with van der Waals surface area (Å²) in [6.07, 6.45) is 0.0958. The largest absolute Gasteiger partial charge is 0.454 e. The molecule has 3 aromatic rings. The van der Waals surface area contributed by atoms with Gasteiger partial charge in [-0.15, -0.1) is 11.3 Å². The number of thiazole rings is 1. The van der Waals surface area contributed by atoms with E-state index in [1.807, 2.05) is 29.6 Å². The van der Waals surface area contributed by atoms with E-state index in [-0.39, 0.29) is 19.2 Å². The number of aromatic nitrogens is 1. The lowest BCUT2D eigenvalue weighted by Crippen LogP contribution is -2.11. The molecule has 0 saturated carbocycles. The first-order valence-corrected chi connectivity index (χ1v) is 8.74. The first-order valence-electron chi connectivity index (χ1n) is 7.48. The lowest BCUT2D eigenvalue weighted by atomic mass is 10.2. The number of nitrogens with zero attached hydrogens (tertiary/aromatic N) is 1. The highest BCUT2D eigenvalue weighted by atomic mass is 35.5. The second-order valence-corrected chi connectivity index (χ2v) is 6.61. The van der Waals surface area contributed by atoms with Gasteiger partial charge in [0.25, 0.3) is 0 Å². The first-order chi connectivity index (χ1) is 12.2. The van der Waals surface area contributed by atoms with Crippen molar-refractivity contribution in [3.05, 3.63) is 58.6 Å². The minimum Gasteiger partial charge on any atom is -0.454 e. The number of hydrogen-bond donors (Lipinski definition) is 0. The molecule has 25 heavy (non-hydrogen) atoms. The van der Waals surface area contributed by atoms with Crippen LogP contribution in [0.2, 0.25) is 5.02 Å². The third-order valence-electron chi connectivity index (χ3n) is 3.54. The molecule has 0 bridgehead atoms. The highest BCUT2D eigenvalue weighted by Gasteiger charge is 2.16. The van der Waals surface area contributed by atoms with Gasteiger partial charge in [-0.2, -0.15) is 0 Å². The van der Waals surface area contributed by atoms with Crippen molar-refractivity contribution in [2.75, 3.05) is 6.79 Å². The fourth-order valence-corrected chi connectivity index (χ4v) is 3.32. The van der Waals surface area contributed by atoms with Crippen molar-refractivity contribution in [1.82, 2.24) is 4.98 Å². The Morgan fingerprint density at radius 3 is 2.80 bits per heavy atom. The predicted molar refractivity (Wildman–Crippen MR) is 94.5 cm³/mol. The Morgan fingerprint density at radius 2 is 1.96 bits per heavy atom. The molecule has 126 valence electrons. The molecule has 0 spiro atoms. The molecule has 5 nitrogen and oxygen atoms in total. The van der Waals surface area contributed by atoms with Gasteiger partial charge in [-0.1, -0.05) is 23.7 Å². The van der Waals surface area contributed by atoms with Gasteiger partial charge in [-0.05, 0) is 24.3 Å². The van der Waals surface area contributed by atoms with Gasteiger partial charge < -0.3 is 14.2 Å². The summed E-state index contributed by atoms with van der Waals surface area (Å²) in [5.74, 6) is 1.25. The van der Waals surface area contributed by atoms with Gasteiger partial charge in [0.05, 0.1) is 12.1 Å². The molecule has 1 aliphatic rings. The summed E-state index contributed by atoms with van der Waals surface area (Å²) in [5, 5.41) is 3.36. The van der Waals surface area contributed by atoms with E-state index in [4.69, 9.17) is 25.8 Å². The molecule has 0 fully saturated rings. The molecule has 0 radical (unpaired) electrons. The number of carbonyl (C=O) groups excluding carboxylic acids is 1. The summed E-state index contributed by atoms with van der Waals surface area (Å²) < 4.78 is 15.8. The highest BCUT2D eigenvalue weighted by molar-refractivity contribution is 7.13. The zero-order valence-corrected chi connectivity index (χ0v) is 14.5. The fourth-order valence-electron chi connectivity index (χ4n) is 2.37. The number of carbonyl (C=O) groups is 1. The summed E-state index contributed by atoms with van der Waals surface area (Å²) in [7, 11) is 0. The number of halogens is 1. The molecule has 1 aliphatic heterocycles. The van der Waals surface area contributed by atoms with Gasteiger partial charge in [0.1, 0.15) is 10.8 Å². The second kappa shape index (κ2) is 6.74. The number of rotatable bonds is 4. The predicted octanol–water partition coefficient (Wildman–Crippen LogP) is 4.34. The van der Waals surface area contributed by atoms with Crippen molar-refractivity contribution in [1.29, 1.82) is 0 Å². The minimum absolute atomic E-state index is 0.0958. The van der Waals surface area contributed by atoms with Crippen LogP contribution in [-0.4, -0.2) is 17.7 Å². The normalized spacial score (nSPS) is 12.2. The second-order valence-electron chi connectivity index (χ2n) is 5.32. The van der Waals surface area contributed by atoms with Crippen LogP contribution in [0.1, 0.15) is 5.69 Å². The Labute approximate surface area is 152 Å². The van der Waals surface area contributed by atoms with Crippen LogP contribution in [0, 0.1) is 0 Å². The van der Waals surface area contributed by atoms with Crippen molar-refractivity contribution in [2.45, 2.75) is 6.42 Å². The number of fused-ring (bicyclic) bond motifs is 1. The summed E-state index contributed by atoms with van der Waals surface area (Å²) in [5.41, 5.74) is 1.63. The lowest BCUT2D eigenvalue weighted by Gasteiger charge is -2.04. The van der Waals surface area contributed by atoms with Gasteiger partial charge >= 0.3 is 5.97 Å². The van der Waals surface area contributed by atoms with Crippen LogP contribution in [0.5, 0.6) is 17.2 Å². The molecular weight excluding hydrogens is 362 g/mol. The van der Waals surface area contributed by atoms with E-state index in [0.717, 1.165) is 10.6 Å². The van der Waals surface area contributed by atoms with Crippen molar-refractivity contribution in [2.24, 2.45) is 0 Å². The first kappa shape index (κ1) is 15.9. The quantitative estimate of drug-likeness (QED) is 0.503. The SMILES string of the molecule is O=C(Cc1csc(-c2ccc(Cl)cc2)n1)Oc1ccc2c(c1)OCO2. The molecular formula is C18H12ClNO4S. The van der Waals surface area contributed by atoms with Gasteiger partial charge in [0, 0.05) is 22.0 Å². The van der Waals surface area contributed by atoms with Crippen LogP contribution < -0.4 is 14.2 Å². The monoisotopic (exact) mass is 373 g/mol. The Hall–Kier alpha value is -2.57. The van der Waals surface area contributed by atoms with Crippen LogP contribution in [-0.2, 0) is 11.2 Å². The van der Waals surface area contributed by atoms with Gasteiger partial charge in [0.2, 0.25) is 6.79 Å². The van der Waals surface area contributed by atoms with Crippen LogP contribution >= 0.6 is 22.9 Å². The Bertz CT molecular complexity index is 923. The smallest absolute Gasteiger partial charge is 0.317 e. The minimum atomic E-state index is -0.383. The highest BCUT2D eigenvalue weighted by Crippen LogP contribution is 2.35. The van der Waals surface area contributed by atoms with Crippen molar-refractivity contribution in [3.8, 4) is 27.8 Å². The van der Waals surface area contributed by atoms with E-state index < -0.39 is 0 Å². The molecule has 0 saturated heterocycles. The van der Waals surface area contributed by atoms with Crippen LogP contribution in [0.3, 0.4) is 0 Å². The standard InChI is InChI=1S/C18H12ClNO4S/c19-12-3-1-11(2-4-12)18-20-13(9-25-18)7-17(21)24-14-5-6-15-16(8-14)23-10-22-15/h1-6,8-9H,7,10H2. The Balaban J connectivity index is 1.42. The maximum absolute atomic E-state index is 12.1. The van der Waals surface area contributed by atoms with E-state index in [1.165, 1.54) is 11.3 Å². The number of esters is 1. The Morgan fingerprint density at radius 1 is 1.16 bits per heavy atom. The number of ether oxygens (including phenoxy) is 3. The third-order valence-corrected chi connectivity index (χ3v) is 4.74. The summed E-state index contributed by atoms with van der Waals surface area (Å²) in [6, 6.07) is 12.4. The molecule has 2 heterocycles. The van der Waals surface area contributed by atoms with Gasteiger partial charge in [-0.3, -0.25) is 4.79 Å².